The molecule has 0 radical (unpaired) electrons. The van der Waals surface area contributed by atoms with Crippen LogP contribution in [-0.4, -0.2) is 29.0 Å². The highest BCUT2D eigenvalue weighted by molar-refractivity contribution is 5.84. The zero-order chi connectivity index (χ0) is 20.8. The van der Waals surface area contributed by atoms with E-state index in [4.69, 9.17) is 9.47 Å². The molecule has 0 saturated heterocycles. The Balaban J connectivity index is 1.54. The number of aromatic hydroxyl groups is 1. The summed E-state index contributed by atoms with van der Waals surface area (Å²) in [4.78, 5) is 0. The van der Waals surface area contributed by atoms with Crippen LogP contribution in [0.4, 0.5) is 0 Å². The van der Waals surface area contributed by atoms with Gasteiger partial charge in [-0.05, 0) is 54.1 Å². The van der Waals surface area contributed by atoms with Gasteiger partial charge in [-0.3, -0.25) is 5.10 Å². The number of aromatic nitrogens is 2. The predicted molar refractivity (Wildman–Crippen MR) is 119 cm³/mol. The number of hydrogen-bond donors (Lipinski definition) is 2. The fraction of sp³-hybridized carbons (Fsp3) is 0.0800. The third-order valence-corrected chi connectivity index (χ3v) is 4.73. The zero-order valence-corrected chi connectivity index (χ0v) is 16.6. The van der Waals surface area contributed by atoms with Crippen molar-refractivity contribution in [1.29, 1.82) is 0 Å². The van der Waals surface area contributed by atoms with Gasteiger partial charge in [-0.15, -0.1) is 0 Å². The van der Waals surface area contributed by atoms with E-state index in [2.05, 4.69) is 10.2 Å². The average Bonchev–Trinajstić information content (AvgIpc) is 3.28. The summed E-state index contributed by atoms with van der Waals surface area (Å²) in [5.74, 6) is 1.61. The molecular weight excluding hydrogens is 376 g/mol. The van der Waals surface area contributed by atoms with Gasteiger partial charge in [-0.2, -0.15) is 5.10 Å². The van der Waals surface area contributed by atoms with E-state index in [1.54, 1.807) is 25.4 Å². The molecule has 0 atom stereocenters. The number of methoxy groups -OCH3 is 1. The summed E-state index contributed by atoms with van der Waals surface area (Å²) in [6, 6.07) is 22.9. The number of hydrogen-bond acceptors (Lipinski definition) is 4. The molecule has 0 unspecified atom stereocenters. The summed E-state index contributed by atoms with van der Waals surface area (Å²) in [6.45, 7) is 0.426. The van der Waals surface area contributed by atoms with Crippen LogP contribution >= 0.6 is 0 Å². The molecule has 5 nitrogen and oxygen atoms in total. The second-order valence-corrected chi connectivity index (χ2v) is 6.69. The van der Waals surface area contributed by atoms with Crippen molar-refractivity contribution in [1.82, 2.24) is 10.2 Å². The molecule has 1 aromatic heterocycles. The van der Waals surface area contributed by atoms with Gasteiger partial charge in [0.25, 0.3) is 0 Å². The quantitative estimate of drug-likeness (QED) is 0.428. The Labute approximate surface area is 175 Å². The maximum absolute atomic E-state index is 10.4. The number of rotatable bonds is 7. The SMILES string of the molecule is COc1ccc(-c2[nH]ncc2-c2cc(OC/C=C/c3ccccc3)ccc2O)cc1. The molecule has 30 heavy (non-hydrogen) atoms. The minimum atomic E-state index is 0.165. The molecule has 2 N–H and O–H groups in total. The van der Waals surface area contributed by atoms with Crippen molar-refractivity contribution in [2.45, 2.75) is 0 Å². The first-order valence-corrected chi connectivity index (χ1v) is 9.60. The number of nitrogens with one attached hydrogen (secondary N) is 1. The van der Waals surface area contributed by atoms with Crippen molar-refractivity contribution in [3.8, 4) is 39.6 Å². The van der Waals surface area contributed by atoms with Crippen molar-refractivity contribution < 1.29 is 14.6 Å². The molecule has 4 rings (SSSR count). The molecule has 0 aliphatic heterocycles. The van der Waals surface area contributed by atoms with Gasteiger partial charge >= 0.3 is 0 Å². The number of aromatic amines is 1. The first-order chi connectivity index (χ1) is 14.7. The average molecular weight is 398 g/mol. The summed E-state index contributed by atoms with van der Waals surface area (Å²) >= 11 is 0. The Hall–Kier alpha value is -3.99. The Kier molecular flexibility index (Phi) is 5.80. The first kappa shape index (κ1) is 19.3. The normalized spacial score (nSPS) is 11.0. The highest BCUT2D eigenvalue weighted by Gasteiger charge is 2.14. The molecule has 0 aliphatic rings. The minimum absolute atomic E-state index is 0.165. The molecule has 5 heteroatoms. The van der Waals surface area contributed by atoms with E-state index in [1.807, 2.05) is 72.8 Å². The lowest BCUT2D eigenvalue weighted by molar-refractivity contribution is 0.363. The first-order valence-electron chi connectivity index (χ1n) is 9.60. The highest BCUT2D eigenvalue weighted by Crippen LogP contribution is 2.38. The summed E-state index contributed by atoms with van der Waals surface area (Å²) in [5.41, 5.74) is 4.32. The van der Waals surface area contributed by atoms with Gasteiger partial charge in [0.2, 0.25) is 0 Å². The lowest BCUT2D eigenvalue weighted by Gasteiger charge is -2.10. The van der Waals surface area contributed by atoms with Crippen molar-refractivity contribution in [3.63, 3.8) is 0 Å². The van der Waals surface area contributed by atoms with Crippen LogP contribution in [0.15, 0.2) is 85.1 Å². The number of nitrogens with zero attached hydrogens (tertiary/aromatic N) is 1. The molecule has 0 fully saturated rings. The van der Waals surface area contributed by atoms with Crippen LogP contribution in [0, 0.1) is 0 Å². The van der Waals surface area contributed by atoms with E-state index in [0.717, 1.165) is 28.1 Å². The monoisotopic (exact) mass is 398 g/mol. The molecule has 150 valence electrons. The molecule has 0 spiro atoms. The summed E-state index contributed by atoms with van der Waals surface area (Å²) in [5, 5.41) is 17.6. The Bertz CT molecular complexity index is 1130. The standard InChI is InChI=1S/C25H22N2O3/c1-29-20-11-9-19(10-12-20)25-23(17-26-27-25)22-16-21(13-14-24(22)28)30-15-5-8-18-6-3-2-4-7-18/h2-14,16-17,28H,15H2,1H3,(H,26,27)/b8-5+. The highest BCUT2D eigenvalue weighted by atomic mass is 16.5. The van der Waals surface area contributed by atoms with Crippen LogP contribution in [-0.2, 0) is 0 Å². The van der Waals surface area contributed by atoms with Crippen molar-refractivity contribution in [3.05, 3.63) is 90.6 Å². The third kappa shape index (κ3) is 4.36. The number of phenolic OH excluding ortho intramolecular Hbond substituents is 1. The van der Waals surface area contributed by atoms with Crippen LogP contribution in [0.2, 0.25) is 0 Å². The maximum Gasteiger partial charge on any atom is 0.123 e. The molecule has 4 aromatic rings. The Morgan fingerprint density at radius 2 is 1.70 bits per heavy atom. The van der Waals surface area contributed by atoms with Crippen molar-refractivity contribution >= 4 is 6.08 Å². The maximum atomic E-state index is 10.4. The Morgan fingerprint density at radius 1 is 0.933 bits per heavy atom. The van der Waals surface area contributed by atoms with E-state index >= 15 is 0 Å². The third-order valence-electron chi connectivity index (χ3n) is 4.73. The number of H-pyrrole nitrogens is 1. The van der Waals surface area contributed by atoms with Gasteiger partial charge in [-0.25, -0.2) is 0 Å². The van der Waals surface area contributed by atoms with Crippen LogP contribution in [0.5, 0.6) is 17.2 Å². The van der Waals surface area contributed by atoms with Gasteiger partial charge < -0.3 is 14.6 Å². The van der Waals surface area contributed by atoms with Crippen LogP contribution in [0.1, 0.15) is 5.56 Å². The summed E-state index contributed by atoms with van der Waals surface area (Å²) in [7, 11) is 1.63. The number of benzene rings is 3. The van der Waals surface area contributed by atoms with Crippen molar-refractivity contribution in [2.75, 3.05) is 13.7 Å². The van der Waals surface area contributed by atoms with Crippen LogP contribution in [0.25, 0.3) is 28.5 Å². The van der Waals surface area contributed by atoms with E-state index in [0.29, 0.717) is 17.9 Å². The fourth-order valence-electron chi connectivity index (χ4n) is 3.18. The number of phenols is 1. The molecule has 3 aromatic carbocycles. The molecular formula is C25H22N2O3. The molecule has 1 heterocycles. The Morgan fingerprint density at radius 3 is 2.47 bits per heavy atom. The smallest absolute Gasteiger partial charge is 0.123 e. The summed E-state index contributed by atoms with van der Waals surface area (Å²) < 4.78 is 11.1. The van der Waals surface area contributed by atoms with E-state index in [9.17, 15) is 5.11 Å². The van der Waals surface area contributed by atoms with Gasteiger partial charge in [0.15, 0.2) is 0 Å². The second-order valence-electron chi connectivity index (χ2n) is 6.69. The lowest BCUT2D eigenvalue weighted by Crippen LogP contribution is -1.94. The number of ether oxygens (including phenoxy) is 2. The molecule has 0 bridgehead atoms. The minimum Gasteiger partial charge on any atom is -0.507 e. The second kappa shape index (κ2) is 9.01. The molecule has 0 amide bonds. The molecule has 0 saturated carbocycles. The van der Waals surface area contributed by atoms with Gasteiger partial charge in [0.1, 0.15) is 23.9 Å². The van der Waals surface area contributed by atoms with Gasteiger partial charge in [0.05, 0.1) is 19.0 Å². The van der Waals surface area contributed by atoms with Gasteiger partial charge in [0, 0.05) is 16.7 Å². The van der Waals surface area contributed by atoms with E-state index in [1.165, 1.54) is 0 Å². The predicted octanol–water partition coefficient (Wildman–Crippen LogP) is 5.55. The van der Waals surface area contributed by atoms with E-state index in [-0.39, 0.29) is 5.75 Å². The van der Waals surface area contributed by atoms with Crippen LogP contribution < -0.4 is 9.47 Å². The van der Waals surface area contributed by atoms with Crippen LogP contribution in [0.3, 0.4) is 0 Å². The molecule has 0 aliphatic carbocycles. The van der Waals surface area contributed by atoms with E-state index < -0.39 is 0 Å². The largest absolute Gasteiger partial charge is 0.507 e. The summed E-state index contributed by atoms with van der Waals surface area (Å²) in [6.07, 6.45) is 5.68. The topological polar surface area (TPSA) is 67.4 Å². The zero-order valence-electron chi connectivity index (χ0n) is 16.6. The van der Waals surface area contributed by atoms with Gasteiger partial charge in [-0.1, -0.05) is 36.4 Å². The van der Waals surface area contributed by atoms with Crippen molar-refractivity contribution in [2.24, 2.45) is 0 Å². The fourth-order valence-corrected chi connectivity index (χ4v) is 3.18. The lowest BCUT2D eigenvalue weighted by atomic mass is 10.0.